The summed E-state index contributed by atoms with van der Waals surface area (Å²) >= 11 is 6.91. The maximum atomic E-state index is 9.21. The van der Waals surface area contributed by atoms with Gasteiger partial charge in [0.1, 0.15) is 5.75 Å². The minimum absolute atomic E-state index is 0.209. The number of nitrogens with zero attached hydrogens (tertiary/aromatic N) is 4. The Balaban J connectivity index is 2.21. The van der Waals surface area contributed by atoms with Gasteiger partial charge in [-0.3, -0.25) is 0 Å². The third kappa shape index (κ3) is 2.98. The molecular weight excluding hydrogens is 260 g/mol. The van der Waals surface area contributed by atoms with Gasteiger partial charge < -0.3 is 5.11 Å². The fourth-order valence-electron chi connectivity index (χ4n) is 1.18. The lowest BCUT2D eigenvalue weighted by Crippen LogP contribution is -1.98. The first kappa shape index (κ1) is 11.9. The smallest absolute Gasteiger partial charge is 0.214 e. The van der Waals surface area contributed by atoms with E-state index in [0.29, 0.717) is 10.9 Å². The molecule has 1 heterocycles. The third-order valence-electron chi connectivity index (χ3n) is 1.93. The van der Waals surface area contributed by atoms with Gasteiger partial charge >= 0.3 is 0 Å². The fourth-order valence-corrected chi connectivity index (χ4v) is 2.08. The van der Waals surface area contributed by atoms with E-state index in [1.807, 2.05) is 6.08 Å². The van der Waals surface area contributed by atoms with Gasteiger partial charge in [-0.2, -0.15) is 4.68 Å². The number of phenols is 1. The average molecular weight is 269 g/mol. The third-order valence-corrected chi connectivity index (χ3v) is 2.98. The van der Waals surface area contributed by atoms with Crippen molar-refractivity contribution in [3.63, 3.8) is 0 Å². The van der Waals surface area contributed by atoms with E-state index in [1.165, 1.54) is 17.3 Å². The Hall–Kier alpha value is -1.53. The highest BCUT2D eigenvalue weighted by Crippen LogP contribution is 2.19. The monoisotopic (exact) mass is 268 g/mol. The molecule has 0 aliphatic rings. The summed E-state index contributed by atoms with van der Waals surface area (Å²) in [4.78, 5) is 0. The van der Waals surface area contributed by atoms with Crippen molar-refractivity contribution >= 4 is 23.4 Å². The lowest BCUT2D eigenvalue weighted by Gasteiger charge is -2.02. The molecule has 1 N–H and O–H groups in total. The highest BCUT2D eigenvalue weighted by Gasteiger charge is 2.07. The Labute approximate surface area is 107 Å². The number of hydrogen-bond donors (Lipinski definition) is 1. The first-order valence-corrected chi connectivity index (χ1v) is 6.19. The van der Waals surface area contributed by atoms with Crippen molar-refractivity contribution in [1.29, 1.82) is 0 Å². The number of phenolic OH excluding ortho intramolecular Hbond substituents is 1. The number of hydrogen-bond acceptors (Lipinski definition) is 5. The molecule has 17 heavy (non-hydrogen) atoms. The zero-order chi connectivity index (χ0) is 12.1. The first-order valence-electron chi connectivity index (χ1n) is 4.77. The molecule has 88 valence electrons. The van der Waals surface area contributed by atoms with E-state index in [9.17, 15) is 5.11 Å². The number of aromatic hydroxyl groups is 1. The van der Waals surface area contributed by atoms with E-state index >= 15 is 0 Å². The minimum atomic E-state index is 0.209. The van der Waals surface area contributed by atoms with Crippen LogP contribution in [0.2, 0.25) is 0 Å². The summed E-state index contributed by atoms with van der Waals surface area (Å²) in [6, 6.07) is 6.66. The highest BCUT2D eigenvalue weighted by atomic mass is 35.5. The Bertz CT molecular complexity index is 511. The number of halogens is 1. The molecule has 0 fully saturated rings. The Morgan fingerprint density at radius 2 is 2.12 bits per heavy atom. The van der Waals surface area contributed by atoms with Crippen molar-refractivity contribution in [2.24, 2.45) is 0 Å². The Morgan fingerprint density at radius 1 is 1.35 bits per heavy atom. The number of aromatic nitrogens is 4. The number of tetrazole rings is 1. The van der Waals surface area contributed by atoms with Crippen LogP contribution in [0.15, 0.2) is 41.0 Å². The fraction of sp³-hybridized carbons (Fsp3) is 0.100. The maximum absolute atomic E-state index is 9.21. The highest BCUT2D eigenvalue weighted by molar-refractivity contribution is 7.99. The minimum Gasteiger partial charge on any atom is -0.508 e. The normalized spacial score (nSPS) is 11.1. The number of thioether (sulfide) groups is 1. The van der Waals surface area contributed by atoms with Crippen LogP contribution < -0.4 is 0 Å². The molecule has 1 aromatic heterocycles. The molecule has 0 bridgehead atoms. The average Bonchev–Trinajstić information content (AvgIpc) is 2.79. The van der Waals surface area contributed by atoms with Crippen LogP contribution in [0.3, 0.4) is 0 Å². The molecule has 1 aromatic carbocycles. The van der Waals surface area contributed by atoms with Crippen molar-refractivity contribution < 1.29 is 5.11 Å². The van der Waals surface area contributed by atoms with Gasteiger partial charge in [0.25, 0.3) is 0 Å². The van der Waals surface area contributed by atoms with Gasteiger partial charge in [-0.25, -0.2) is 0 Å². The van der Waals surface area contributed by atoms with Gasteiger partial charge in [-0.15, -0.1) is 5.10 Å². The molecule has 5 nitrogen and oxygen atoms in total. The summed E-state index contributed by atoms with van der Waals surface area (Å²) in [5.41, 5.74) is 2.26. The van der Waals surface area contributed by atoms with Gasteiger partial charge in [-0.05, 0) is 34.7 Å². The van der Waals surface area contributed by atoms with E-state index in [0.717, 1.165) is 5.69 Å². The Kier molecular flexibility index (Phi) is 4.00. The summed E-state index contributed by atoms with van der Waals surface area (Å²) in [5, 5.41) is 21.3. The quantitative estimate of drug-likeness (QED) is 0.862. The lowest BCUT2D eigenvalue weighted by molar-refractivity contribution is 0.475. The number of rotatable bonds is 4. The van der Waals surface area contributed by atoms with Crippen LogP contribution in [-0.4, -0.2) is 31.1 Å². The van der Waals surface area contributed by atoms with E-state index in [4.69, 9.17) is 11.6 Å². The zero-order valence-electron chi connectivity index (χ0n) is 8.69. The molecule has 2 aromatic rings. The van der Waals surface area contributed by atoms with Crippen molar-refractivity contribution in [3.05, 3.63) is 35.9 Å². The molecule has 0 aliphatic heterocycles. The van der Waals surface area contributed by atoms with E-state index in [1.54, 1.807) is 28.9 Å². The molecule has 0 unspecified atom stereocenters. The molecule has 2 rings (SSSR count). The summed E-state index contributed by atoms with van der Waals surface area (Å²) < 4.78 is 1.60. The molecule has 7 heteroatoms. The maximum Gasteiger partial charge on any atom is 0.214 e. The van der Waals surface area contributed by atoms with E-state index in [2.05, 4.69) is 15.5 Å². The summed E-state index contributed by atoms with van der Waals surface area (Å²) in [7, 11) is 0. The van der Waals surface area contributed by atoms with Crippen molar-refractivity contribution in [2.45, 2.75) is 5.16 Å². The van der Waals surface area contributed by atoms with Gasteiger partial charge in [0.05, 0.1) is 5.69 Å². The van der Waals surface area contributed by atoms with Gasteiger partial charge in [0, 0.05) is 11.3 Å². The van der Waals surface area contributed by atoms with Gasteiger partial charge in [-0.1, -0.05) is 29.4 Å². The molecular formula is C10H9ClN4OS. The van der Waals surface area contributed by atoms with Crippen LogP contribution in [0.1, 0.15) is 0 Å². The van der Waals surface area contributed by atoms with E-state index in [-0.39, 0.29) is 5.75 Å². The van der Waals surface area contributed by atoms with Crippen LogP contribution >= 0.6 is 23.4 Å². The summed E-state index contributed by atoms with van der Waals surface area (Å²) in [6.45, 7) is 0. The van der Waals surface area contributed by atoms with E-state index < -0.39 is 0 Å². The largest absolute Gasteiger partial charge is 0.508 e. The van der Waals surface area contributed by atoms with Crippen LogP contribution in [0, 0.1) is 0 Å². The molecule has 0 amide bonds. The molecule has 0 aliphatic carbocycles. The Morgan fingerprint density at radius 3 is 2.82 bits per heavy atom. The SMILES string of the molecule is Oc1ccc(-n2nnnc2SC/C=C/Cl)cc1. The molecule has 0 radical (unpaired) electrons. The van der Waals surface area contributed by atoms with Crippen molar-refractivity contribution in [1.82, 2.24) is 20.2 Å². The van der Waals surface area contributed by atoms with Crippen molar-refractivity contribution in [3.8, 4) is 11.4 Å². The predicted octanol–water partition coefficient (Wildman–Crippen LogP) is 2.21. The molecule has 0 saturated carbocycles. The van der Waals surface area contributed by atoms with Crippen LogP contribution in [0.25, 0.3) is 5.69 Å². The topological polar surface area (TPSA) is 63.8 Å². The van der Waals surface area contributed by atoms with Gasteiger partial charge in [0.15, 0.2) is 0 Å². The van der Waals surface area contributed by atoms with Crippen LogP contribution in [-0.2, 0) is 0 Å². The summed E-state index contributed by atoms with van der Waals surface area (Å²) in [6.07, 6.45) is 1.81. The molecule has 0 atom stereocenters. The molecule has 0 spiro atoms. The first-order chi connectivity index (χ1) is 8.31. The number of benzene rings is 1. The van der Waals surface area contributed by atoms with Gasteiger partial charge in [0.2, 0.25) is 5.16 Å². The van der Waals surface area contributed by atoms with Crippen LogP contribution in [0.4, 0.5) is 0 Å². The van der Waals surface area contributed by atoms with Crippen LogP contribution in [0.5, 0.6) is 5.75 Å². The summed E-state index contributed by atoms with van der Waals surface area (Å²) in [5.74, 6) is 0.906. The zero-order valence-corrected chi connectivity index (χ0v) is 10.3. The predicted molar refractivity (Wildman–Crippen MR) is 66.5 cm³/mol. The molecule has 0 saturated heterocycles. The lowest BCUT2D eigenvalue weighted by atomic mass is 10.3. The standard InChI is InChI=1S/C10H9ClN4OS/c11-6-1-7-17-10-12-13-14-15(10)8-2-4-9(16)5-3-8/h1-6,16H,7H2/b6-1+. The second kappa shape index (κ2) is 5.70. The second-order valence-corrected chi connectivity index (χ2v) is 4.30. The second-order valence-electron chi connectivity index (χ2n) is 3.06. The van der Waals surface area contributed by atoms with Crippen molar-refractivity contribution in [2.75, 3.05) is 5.75 Å².